The summed E-state index contributed by atoms with van der Waals surface area (Å²) in [5.41, 5.74) is 2.80. The fourth-order valence-corrected chi connectivity index (χ4v) is 3.08. The third-order valence-electron chi connectivity index (χ3n) is 2.56. The van der Waals surface area contributed by atoms with E-state index in [1.54, 1.807) is 17.5 Å². The van der Waals surface area contributed by atoms with Crippen LogP contribution in [0.3, 0.4) is 0 Å². The van der Waals surface area contributed by atoms with Gasteiger partial charge in [0.25, 0.3) is 0 Å². The normalized spacial score (nSPS) is 10.8. The van der Waals surface area contributed by atoms with E-state index in [2.05, 4.69) is 19.0 Å². The van der Waals surface area contributed by atoms with Crippen LogP contribution in [0.2, 0.25) is 5.02 Å². The van der Waals surface area contributed by atoms with Crippen LogP contribution in [0.4, 0.5) is 5.69 Å². The highest BCUT2D eigenvalue weighted by molar-refractivity contribution is 7.11. The molecule has 1 aromatic carbocycles. The standard InChI is InChI=1S/C11H7ClN4O2S2/c12-6-1-2-7-9(16-20-15-7)8(6)13-3-5-4-19-10(14-5)11(17)18/h1-2,4,13H,3H2,(H,17,18). The molecule has 0 spiro atoms. The third kappa shape index (κ3) is 2.45. The van der Waals surface area contributed by atoms with Crippen molar-refractivity contribution in [3.05, 3.63) is 33.2 Å². The number of carbonyl (C=O) groups is 1. The average Bonchev–Trinajstić information content (AvgIpc) is 3.05. The van der Waals surface area contributed by atoms with E-state index in [0.29, 0.717) is 28.5 Å². The van der Waals surface area contributed by atoms with Gasteiger partial charge in [-0.1, -0.05) is 11.6 Å². The van der Waals surface area contributed by atoms with Crippen molar-refractivity contribution in [3.8, 4) is 0 Å². The first-order valence-electron chi connectivity index (χ1n) is 5.47. The van der Waals surface area contributed by atoms with Crippen molar-refractivity contribution >= 4 is 57.4 Å². The number of rotatable bonds is 4. The maximum absolute atomic E-state index is 10.8. The molecule has 0 aliphatic carbocycles. The van der Waals surface area contributed by atoms with E-state index in [1.807, 2.05) is 0 Å². The van der Waals surface area contributed by atoms with Crippen LogP contribution in [-0.2, 0) is 6.54 Å². The van der Waals surface area contributed by atoms with Crippen molar-refractivity contribution in [2.75, 3.05) is 5.32 Å². The highest BCUT2D eigenvalue weighted by Crippen LogP contribution is 2.30. The van der Waals surface area contributed by atoms with Gasteiger partial charge in [0, 0.05) is 5.38 Å². The summed E-state index contributed by atoms with van der Waals surface area (Å²) in [5.74, 6) is -1.02. The largest absolute Gasteiger partial charge is 0.476 e. The maximum Gasteiger partial charge on any atom is 0.365 e. The summed E-state index contributed by atoms with van der Waals surface area (Å²) >= 11 is 8.35. The molecule has 0 unspecified atom stereocenters. The Morgan fingerprint density at radius 2 is 2.25 bits per heavy atom. The average molecular weight is 327 g/mol. The van der Waals surface area contributed by atoms with Crippen molar-refractivity contribution in [3.63, 3.8) is 0 Å². The van der Waals surface area contributed by atoms with Gasteiger partial charge in [-0.15, -0.1) is 11.3 Å². The molecule has 3 rings (SSSR count). The quantitative estimate of drug-likeness (QED) is 0.766. The number of thiazole rings is 1. The molecule has 3 aromatic rings. The number of halogens is 1. The monoisotopic (exact) mass is 326 g/mol. The number of benzene rings is 1. The van der Waals surface area contributed by atoms with E-state index >= 15 is 0 Å². The Morgan fingerprint density at radius 3 is 3.00 bits per heavy atom. The predicted octanol–water partition coefficient (Wildman–Crippen LogP) is 3.11. The highest BCUT2D eigenvalue weighted by atomic mass is 35.5. The smallest absolute Gasteiger partial charge is 0.365 e. The minimum atomic E-state index is -1.02. The van der Waals surface area contributed by atoms with E-state index in [9.17, 15) is 4.79 Å². The van der Waals surface area contributed by atoms with Gasteiger partial charge in [0.05, 0.1) is 34.7 Å². The zero-order valence-electron chi connectivity index (χ0n) is 9.83. The zero-order chi connectivity index (χ0) is 14.1. The lowest BCUT2D eigenvalue weighted by Crippen LogP contribution is -2.02. The second kappa shape index (κ2) is 5.31. The predicted molar refractivity (Wildman–Crippen MR) is 78.8 cm³/mol. The molecule has 0 fully saturated rings. The molecule has 0 aliphatic rings. The molecule has 2 aromatic heterocycles. The third-order valence-corrected chi connectivity index (χ3v) is 4.29. The van der Waals surface area contributed by atoms with Gasteiger partial charge in [-0.2, -0.15) is 8.75 Å². The number of hydrogen-bond donors (Lipinski definition) is 2. The Hall–Kier alpha value is -1.77. The van der Waals surface area contributed by atoms with Crippen LogP contribution >= 0.6 is 34.7 Å². The van der Waals surface area contributed by atoms with E-state index in [4.69, 9.17) is 16.7 Å². The molecule has 0 atom stereocenters. The van der Waals surface area contributed by atoms with Crippen LogP contribution in [0, 0.1) is 0 Å². The summed E-state index contributed by atoms with van der Waals surface area (Å²) in [4.78, 5) is 14.8. The lowest BCUT2D eigenvalue weighted by molar-refractivity contribution is 0.0696. The Balaban J connectivity index is 1.84. The molecule has 0 bridgehead atoms. The van der Waals surface area contributed by atoms with Crippen molar-refractivity contribution in [1.82, 2.24) is 13.7 Å². The lowest BCUT2D eigenvalue weighted by atomic mass is 10.2. The Labute approximate surface area is 126 Å². The molecule has 20 heavy (non-hydrogen) atoms. The number of nitrogens with zero attached hydrogens (tertiary/aromatic N) is 3. The van der Waals surface area contributed by atoms with E-state index in [1.165, 1.54) is 0 Å². The van der Waals surface area contributed by atoms with Gasteiger partial charge in [-0.05, 0) is 12.1 Å². The van der Waals surface area contributed by atoms with Crippen molar-refractivity contribution < 1.29 is 9.90 Å². The van der Waals surface area contributed by atoms with Crippen LogP contribution < -0.4 is 5.32 Å². The van der Waals surface area contributed by atoms with Gasteiger partial charge in [-0.3, -0.25) is 0 Å². The summed E-state index contributed by atoms with van der Waals surface area (Å²) in [6, 6.07) is 3.55. The second-order valence-corrected chi connectivity index (χ2v) is 5.65. The Bertz CT molecular complexity index is 786. The first kappa shape index (κ1) is 13.2. The van der Waals surface area contributed by atoms with Gasteiger partial charge >= 0.3 is 5.97 Å². The molecule has 0 amide bonds. The van der Waals surface area contributed by atoms with Crippen LogP contribution in [0.5, 0.6) is 0 Å². The number of hydrogen-bond acceptors (Lipinski definition) is 7. The highest BCUT2D eigenvalue weighted by Gasteiger charge is 2.12. The number of nitrogens with one attached hydrogen (secondary N) is 1. The van der Waals surface area contributed by atoms with Crippen molar-refractivity contribution in [2.24, 2.45) is 0 Å². The molecule has 2 N–H and O–H groups in total. The number of carboxylic acids is 1. The maximum atomic E-state index is 10.8. The lowest BCUT2D eigenvalue weighted by Gasteiger charge is -2.06. The topological polar surface area (TPSA) is 88.0 Å². The molecule has 0 aliphatic heterocycles. The van der Waals surface area contributed by atoms with Crippen molar-refractivity contribution in [1.29, 1.82) is 0 Å². The van der Waals surface area contributed by atoms with E-state index in [0.717, 1.165) is 28.6 Å². The number of aromatic carboxylic acids is 1. The molecule has 0 saturated carbocycles. The molecule has 102 valence electrons. The zero-order valence-corrected chi connectivity index (χ0v) is 12.2. The summed E-state index contributed by atoms with van der Waals surface area (Å²) < 4.78 is 8.34. The van der Waals surface area contributed by atoms with Gasteiger partial charge < -0.3 is 10.4 Å². The molecule has 0 saturated heterocycles. The molecule has 0 radical (unpaired) electrons. The summed E-state index contributed by atoms with van der Waals surface area (Å²) in [6.45, 7) is 0.375. The van der Waals surface area contributed by atoms with Crippen LogP contribution in [-0.4, -0.2) is 24.8 Å². The van der Waals surface area contributed by atoms with Gasteiger partial charge in [-0.25, -0.2) is 9.78 Å². The summed E-state index contributed by atoms with van der Waals surface area (Å²) in [6.07, 6.45) is 0. The second-order valence-electron chi connectivity index (χ2n) is 3.86. The molecule has 9 heteroatoms. The van der Waals surface area contributed by atoms with Crippen LogP contribution in [0.1, 0.15) is 15.5 Å². The van der Waals surface area contributed by atoms with Crippen molar-refractivity contribution in [2.45, 2.75) is 6.54 Å². The number of anilines is 1. The summed E-state index contributed by atoms with van der Waals surface area (Å²) in [5, 5.41) is 14.3. The molecule has 2 heterocycles. The summed E-state index contributed by atoms with van der Waals surface area (Å²) in [7, 11) is 0. The SMILES string of the molecule is O=C(O)c1nc(CNc2c(Cl)ccc3nsnc23)cs1. The molecule has 6 nitrogen and oxygen atoms in total. The first-order valence-corrected chi connectivity index (χ1v) is 7.46. The van der Waals surface area contributed by atoms with Crippen LogP contribution in [0.25, 0.3) is 11.0 Å². The minimum Gasteiger partial charge on any atom is -0.476 e. The molecular formula is C11H7ClN4O2S2. The minimum absolute atomic E-state index is 0.0708. The van der Waals surface area contributed by atoms with Gasteiger partial charge in [0.1, 0.15) is 11.0 Å². The number of carboxylic acid groups (broad SMARTS) is 1. The fraction of sp³-hybridized carbons (Fsp3) is 0.0909. The fourth-order valence-electron chi connectivity index (χ4n) is 1.66. The van der Waals surface area contributed by atoms with E-state index in [-0.39, 0.29) is 5.01 Å². The van der Waals surface area contributed by atoms with Gasteiger partial charge in [0.2, 0.25) is 5.01 Å². The van der Waals surface area contributed by atoms with E-state index < -0.39 is 5.97 Å². The first-order chi connectivity index (χ1) is 9.65. The van der Waals surface area contributed by atoms with Crippen LogP contribution in [0.15, 0.2) is 17.5 Å². The number of fused-ring (bicyclic) bond motifs is 1. The molecular weight excluding hydrogens is 320 g/mol. The Kier molecular flexibility index (Phi) is 3.51. The number of aromatic nitrogens is 3. The Morgan fingerprint density at radius 1 is 1.40 bits per heavy atom. The van der Waals surface area contributed by atoms with Gasteiger partial charge in [0.15, 0.2) is 0 Å².